The van der Waals surface area contributed by atoms with Gasteiger partial charge in [-0.1, -0.05) is 42.5 Å². The highest BCUT2D eigenvalue weighted by Crippen LogP contribution is 2.59. The Balaban J connectivity index is 1.70. The van der Waals surface area contributed by atoms with Gasteiger partial charge in [0.15, 0.2) is 0 Å². The Morgan fingerprint density at radius 2 is 1.84 bits per heavy atom. The minimum atomic E-state index is -1.23. The number of rotatable bonds is 13. The van der Waals surface area contributed by atoms with Crippen LogP contribution in [0.4, 0.5) is 0 Å². The molecule has 3 aliphatic heterocycles. The van der Waals surface area contributed by atoms with Gasteiger partial charge in [-0.05, 0) is 59.4 Å². The lowest BCUT2D eigenvalue weighted by atomic mass is 9.70. The van der Waals surface area contributed by atoms with Crippen molar-refractivity contribution in [2.24, 2.45) is 11.8 Å². The van der Waals surface area contributed by atoms with E-state index in [2.05, 4.69) is 13.2 Å². The highest BCUT2D eigenvalue weighted by molar-refractivity contribution is 5.98. The van der Waals surface area contributed by atoms with Crippen molar-refractivity contribution in [3.05, 3.63) is 61.2 Å². The van der Waals surface area contributed by atoms with Gasteiger partial charge in [0.2, 0.25) is 17.7 Å². The molecule has 1 aromatic carbocycles. The third-order valence-electron chi connectivity index (χ3n) is 9.75. The van der Waals surface area contributed by atoms with Gasteiger partial charge >= 0.3 is 5.97 Å². The van der Waals surface area contributed by atoms with Gasteiger partial charge in [-0.25, -0.2) is 0 Å². The molecule has 4 rings (SSSR count). The molecule has 8 atom stereocenters. The number of likely N-dealkylation sites (N-methyl/N-ethyl adjacent to an activating group) is 1. The molecule has 3 saturated heterocycles. The van der Waals surface area contributed by atoms with Crippen molar-refractivity contribution in [3.8, 4) is 0 Å². The van der Waals surface area contributed by atoms with Crippen LogP contribution in [0.2, 0.25) is 0 Å². The highest BCUT2D eigenvalue weighted by atomic mass is 16.6. The van der Waals surface area contributed by atoms with E-state index in [1.54, 1.807) is 35.9 Å². The Morgan fingerprint density at radius 1 is 1.18 bits per heavy atom. The van der Waals surface area contributed by atoms with Gasteiger partial charge in [-0.3, -0.25) is 19.2 Å². The number of nitrogens with zero attached hydrogens (tertiary/aromatic N) is 3. The number of aliphatic hydroxyl groups is 1. The van der Waals surface area contributed by atoms with Crippen LogP contribution >= 0.6 is 0 Å². The maximum atomic E-state index is 14.4. The standard InChI is InChI=1S/C35H49N3O7/c1-9-11-17-26(40)36(8)23(4)29(24-15-13-12-14-16-24)44-33(43)27-25-18-19-35(45-25)28(27)31(41)38(22(3)21-39)30(35)32(42)37(20-10-2)34(5,6)7/h9-10,12-16,22-23,25,27-30,39H,1-2,11,17-21H2,3-8H3/t22-,23+,25+,27-,28-,29-,30+,35-/m1/s1. The zero-order valence-electron chi connectivity index (χ0n) is 27.5. The molecule has 3 fully saturated rings. The van der Waals surface area contributed by atoms with Crippen LogP contribution in [0.25, 0.3) is 0 Å². The molecule has 45 heavy (non-hydrogen) atoms. The molecule has 2 bridgehead atoms. The molecule has 246 valence electrons. The first kappa shape index (κ1) is 34.4. The third kappa shape index (κ3) is 6.19. The lowest BCUT2D eigenvalue weighted by Gasteiger charge is -2.43. The zero-order chi connectivity index (χ0) is 33.3. The Bertz CT molecular complexity index is 1290. The van der Waals surface area contributed by atoms with Crippen molar-refractivity contribution in [1.82, 2.24) is 14.7 Å². The van der Waals surface area contributed by atoms with E-state index in [0.717, 1.165) is 0 Å². The second-order valence-electron chi connectivity index (χ2n) is 13.6. The molecule has 0 radical (unpaired) electrons. The largest absolute Gasteiger partial charge is 0.455 e. The number of amides is 3. The number of fused-ring (bicyclic) bond motifs is 1. The minimum absolute atomic E-state index is 0.106. The summed E-state index contributed by atoms with van der Waals surface area (Å²) in [4.78, 5) is 60.5. The first-order valence-electron chi connectivity index (χ1n) is 15.9. The van der Waals surface area contributed by atoms with Crippen molar-refractivity contribution < 1.29 is 33.8 Å². The average Bonchev–Trinajstić information content (AvgIpc) is 3.66. The number of likely N-dealkylation sites (tertiary alicyclic amines) is 1. The molecular formula is C35H49N3O7. The summed E-state index contributed by atoms with van der Waals surface area (Å²) in [5.74, 6) is -3.30. The van der Waals surface area contributed by atoms with Gasteiger partial charge < -0.3 is 29.3 Å². The molecule has 1 spiro atoms. The quantitative estimate of drug-likeness (QED) is 0.263. The number of ether oxygens (including phenoxy) is 2. The molecule has 10 heteroatoms. The molecule has 0 aliphatic carbocycles. The van der Waals surface area contributed by atoms with Crippen LogP contribution in [0.1, 0.15) is 72.0 Å². The number of aliphatic hydroxyl groups excluding tert-OH is 1. The molecule has 0 aromatic heterocycles. The Morgan fingerprint density at radius 3 is 2.42 bits per heavy atom. The molecule has 10 nitrogen and oxygen atoms in total. The lowest BCUT2D eigenvalue weighted by molar-refractivity contribution is -0.165. The lowest BCUT2D eigenvalue weighted by Crippen LogP contribution is -2.61. The van der Waals surface area contributed by atoms with Crippen molar-refractivity contribution in [2.45, 2.75) is 102 Å². The summed E-state index contributed by atoms with van der Waals surface area (Å²) in [5, 5.41) is 10.2. The summed E-state index contributed by atoms with van der Waals surface area (Å²) in [6.45, 7) is 16.7. The van der Waals surface area contributed by atoms with Crippen LogP contribution in [-0.2, 0) is 28.7 Å². The normalized spacial score (nSPS) is 27.4. The van der Waals surface area contributed by atoms with Crippen LogP contribution in [0.15, 0.2) is 55.6 Å². The van der Waals surface area contributed by atoms with Crippen LogP contribution in [0, 0.1) is 11.8 Å². The Labute approximate surface area is 267 Å². The van der Waals surface area contributed by atoms with Gasteiger partial charge in [0.05, 0.1) is 36.6 Å². The van der Waals surface area contributed by atoms with Crippen molar-refractivity contribution in [1.29, 1.82) is 0 Å². The number of carbonyl (C=O) groups excluding carboxylic acids is 4. The van der Waals surface area contributed by atoms with Crippen LogP contribution in [-0.4, -0.2) is 99.1 Å². The van der Waals surface area contributed by atoms with Crippen molar-refractivity contribution in [3.63, 3.8) is 0 Å². The smallest absolute Gasteiger partial charge is 0.313 e. The first-order valence-corrected chi connectivity index (χ1v) is 15.9. The first-order chi connectivity index (χ1) is 21.2. The van der Waals surface area contributed by atoms with E-state index in [-0.39, 0.29) is 31.4 Å². The fourth-order valence-corrected chi connectivity index (χ4v) is 7.30. The summed E-state index contributed by atoms with van der Waals surface area (Å²) in [5.41, 5.74) is -1.10. The maximum Gasteiger partial charge on any atom is 0.313 e. The predicted molar refractivity (Wildman–Crippen MR) is 170 cm³/mol. The van der Waals surface area contributed by atoms with Crippen LogP contribution < -0.4 is 0 Å². The fraction of sp³-hybridized carbons (Fsp3) is 0.600. The Kier molecular flexibility index (Phi) is 10.3. The van der Waals surface area contributed by atoms with Crippen molar-refractivity contribution >= 4 is 23.7 Å². The van der Waals surface area contributed by atoms with E-state index >= 15 is 0 Å². The average molecular weight is 624 g/mol. The monoisotopic (exact) mass is 623 g/mol. The minimum Gasteiger partial charge on any atom is -0.455 e. The molecule has 0 unspecified atom stereocenters. The second kappa shape index (κ2) is 13.5. The summed E-state index contributed by atoms with van der Waals surface area (Å²) in [7, 11) is 1.69. The zero-order valence-corrected chi connectivity index (χ0v) is 27.5. The van der Waals surface area contributed by atoms with E-state index < -0.39 is 65.2 Å². The number of hydrogen-bond donors (Lipinski definition) is 1. The molecular weight excluding hydrogens is 574 g/mol. The summed E-state index contributed by atoms with van der Waals surface area (Å²) < 4.78 is 12.8. The number of esters is 1. The molecule has 3 heterocycles. The molecule has 3 aliphatic rings. The molecule has 0 saturated carbocycles. The molecule has 1 N–H and O–H groups in total. The van der Waals surface area contributed by atoms with Gasteiger partial charge in [-0.15, -0.1) is 13.2 Å². The van der Waals surface area contributed by atoms with E-state index in [9.17, 15) is 24.3 Å². The summed E-state index contributed by atoms with van der Waals surface area (Å²) >= 11 is 0. The highest BCUT2D eigenvalue weighted by Gasteiger charge is 2.75. The number of allylic oxidation sites excluding steroid dienone is 1. The predicted octanol–water partition coefficient (Wildman–Crippen LogP) is 3.65. The van der Waals surface area contributed by atoms with Gasteiger partial charge in [0, 0.05) is 25.6 Å². The van der Waals surface area contributed by atoms with E-state index in [0.29, 0.717) is 24.8 Å². The number of carbonyl (C=O) groups is 4. The molecule has 1 aromatic rings. The van der Waals surface area contributed by atoms with E-state index in [1.165, 1.54) is 4.90 Å². The number of benzene rings is 1. The van der Waals surface area contributed by atoms with Crippen LogP contribution in [0.5, 0.6) is 0 Å². The van der Waals surface area contributed by atoms with Crippen molar-refractivity contribution in [2.75, 3.05) is 20.2 Å². The Hall–Kier alpha value is -3.50. The third-order valence-corrected chi connectivity index (χ3v) is 9.75. The number of hydrogen-bond acceptors (Lipinski definition) is 7. The van der Waals surface area contributed by atoms with E-state index in [1.807, 2.05) is 58.0 Å². The summed E-state index contributed by atoms with van der Waals surface area (Å²) in [6.07, 6.45) is 3.64. The maximum absolute atomic E-state index is 14.4. The van der Waals surface area contributed by atoms with Gasteiger partial charge in [0.25, 0.3) is 0 Å². The van der Waals surface area contributed by atoms with Gasteiger partial charge in [0.1, 0.15) is 17.7 Å². The summed E-state index contributed by atoms with van der Waals surface area (Å²) in [6, 6.07) is 7.02. The SMILES string of the molecule is C=CCCC(=O)N(C)[C@@H](C)[C@@H](OC(=O)[C@@H]1[C@@H]2CC[C@]3(O2)[C@H](C(=O)N(CC=C)C(C)(C)C)N([C@H](C)CO)C(=O)[C@@H]13)c1ccccc1. The van der Waals surface area contributed by atoms with Gasteiger partial charge in [-0.2, -0.15) is 0 Å². The topological polar surface area (TPSA) is 117 Å². The van der Waals surface area contributed by atoms with E-state index in [4.69, 9.17) is 9.47 Å². The molecule has 3 amide bonds. The van der Waals surface area contributed by atoms with Crippen LogP contribution in [0.3, 0.4) is 0 Å². The second-order valence-corrected chi connectivity index (χ2v) is 13.6. The fourth-order valence-electron chi connectivity index (χ4n) is 7.30.